The molecule has 0 saturated carbocycles. The number of anilines is 3. The number of nitrogens with one attached hydrogen (secondary N) is 1. The molecular formula is C19H23N5O3. The minimum absolute atomic E-state index is 0.0985. The Labute approximate surface area is 158 Å². The maximum atomic E-state index is 11.7. The van der Waals surface area contributed by atoms with E-state index in [9.17, 15) is 9.59 Å². The number of hydrogen-bond acceptors (Lipinski definition) is 7. The van der Waals surface area contributed by atoms with Crippen molar-refractivity contribution in [1.29, 1.82) is 0 Å². The molecule has 27 heavy (non-hydrogen) atoms. The van der Waals surface area contributed by atoms with Gasteiger partial charge in [0.05, 0.1) is 12.7 Å². The molecule has 2 aromatic rings. The monoisotopic (exact) mass is 369 g/mol. The average molecular weight is 369 g/mol. The first-order valence-electron chi connectivity index (χ1n) is 8.78. The van der Waals surface area contributed by atoms with Gasteiger partial charge in [-0.25, -0.2) is 9.78 Å². The van der Waals surface area contributed by atoms with Gasteiger partial charge >= 0.3 is 5.97 Å². The van der Waals surface area contributed by atoms with Crippen molar-refractivity contribution < 1.29 is 14.3 Å². The van der Waals surface area contributed by atoms with E-state index < -0.39 is 5.97 Å². The summed E-state index contributed by atoms with van der Waals surface area (Å²) in [5.41, 5.74) is 1.99. The minimum atomic E-state index is -0.396. The summed E-state index contributed by atoms with van der Waals surface area (Å²) in [7, 11) is 1.35. The number of rotatable bonds is 4. The Hall–Kier alpha value is -3.16. The first-order valence-corrected chi connectivity index (χ1v) is 8.78. The van der Waals surface area contributed by atoms with Gasteiger partial charge in [0.1, 0.15) is 5.82 Å². The summed E-state index contributed by atoms with van der Waals surface area (Å²) in [5, 5.41) is 3.15. The van der Waals surface area contributed by atoms with Crippen LogP contribution in [0.5, 0.6) is 0 Å². The lowest BCUT2D eigenvalue weighted by molar-refractivity contribution is -0.129. The summed E-state index contributed by atoms with van der Waals surface area (Å²) in [4.78, 5) is 36.2. The van der Waals surface area contributed by atoms with Crippen LogP contribution in [-0.2, 0) is 9.53 Å². The Balaban J connectivity index is 1.76. The standard InChI is InChI=1S/C19H23N5O3/c1-13-11-17(24-9-7-23(8-10-24)14(2)25)22-19(20-13)21-16-6-4-5-15(12-16)18(26)27-3/h4-6,11-12H,7-10H2,1-3H3,(H,20,21,22). The molecule has 1 fully saturated rings. The molecule has 0 unspecified atom stereocenters. The maximum absolute atomic E-state index is 11.7. The van der Waals surface area contributed by atoms with Crippen LogP contribution in [0.25, 0.3) is 0 Å². The summed E-state index contributed by atoms with van der Waals surface area (Å²) in [6, 6.07) is 8.92. The molecule has 1 aromatic carbocycles. The van der Waals surface area contributed by atoms with Gasteiger partial charge in [0, 0.05) is 50.6 Å². The molecule has 0 radical (unpaired) electrons. The SMILES string of the molecule is COC(=O)c1cccc(Nc2nc(C)cc(N3CCN(C(C)=O)CC3)n2)c1. The largest absolute Gasteiger partial charge is 0.465 e. The van der Waals surface area contributed by atoms with E-state index in [0.29, 0.717) is 30.3 Å². The van der Waals surface area contributed by atoms with Gasteiger partial charge in [-0.15, -0.1) is 0 Å². The fourth-order valence-corrected chi connectivity index (χ4v) is 2.99. The van der Waals surface area contributed by atoms with Crippen LogP contribution >= 0.6 is 0 Å². The number of methoxy groups -OCH3 is 1. The van der Waals surface area contributed by atoms with Gasteiger partial charge in [0.2, 0.25) is 11.9 Å². The van der Waals surface area contributed by atoms with Crippen molar-refractivity contribution in [3.63, 3.8) is 0 Å². The number of carbonyl (C=O) groups excluding carboxylic acids is 2. The van der Waals surface area contributed by atoms with Crippen molar-refractivity contribution in [3.05, 3.63) is 41.6 Å². The van der Waals surface area contributed by atoms with E-state index in [2.05, 4.69) is 20.2 Å². The van der Waals surface area contributed by atoms with E-state index in [1.165, 1.54) is 7.11 Å². The molecule has 0 atom stereocenters. The Morgan fingerprint density at radius 2 is 1.85 bits per heavy atom. The number of nitrogens with zero attached hydrogens (tertiary/aromatic N) is 4. The van der Waals surface area contributed by atoms with Crippen LogP contribution in [0.3, 0.4) is 0 Å². The third-order valence-corrected chi connectivity index (χ3v) is 4.43. The molecule has 2 heterocycles. The number of carbonyl (C=O) groups is 2. The summed E-state index contributed by atoms with van der Waals surface area (Å²) in [5.74, 6) is 0.979. The van der Waals surface area contributed by atoms with E-state index in [1.807, 2.05) is 24.0 Å². The highest BCUT2D eigenvalue weighted by Crippen LogP contribution is 2.20. The molecule has 1 amide bonds. The van der Waals surface area contributed by atoms with E-state index in [1.54, 1.807) is 25.1 Å². The molecule has 8 nitrogen and oxygen atoms in total. The molecule has 142 valence electrons. The topological polar surface area (TPSA) is 87.7 Å². The molecule has 1 saturated heterocycles. The molecule has 1 N–H and O–H groups in total. The number of piperazine rings is 1. The molecule has 8 heteroatoms. The fourth-order valence-electron chi connectivity index (χ4n) is 2.99. The second-order valence-electron chi connectivity index (χ2n) is 6.38. The molecule has 1 aromatic heterocycles. The Bertz CT molecular complexity index is 847. The van der Waals surface area contributed by atoms with Crippen molar-refractivity contribution in [2.24, 2.45) is 0 Å². The minimum Gasteiger partial charge on any atom is -0.465 e. The zero-order valence-electron chi connectivity index (χ0n) is 15.7. The predicted molar refractivity (Wildman–Crippen MR) is 102 cm³/mol. The molecule has 1 aliphatic heterocycles. The summed E-state index contributed by atoms with van der Waals surface area (Å²) >= 11 is 0. The molecule has 0 aliphatic carbocycles. The highest BCUT2D eigenvalue weighted by Gasteiger charge is 2.20. The van der Waals surface area contributed by atoms with E-state index in [-0.39, 0.29) is 5.91 Å². The van der Waals surface area contributed by atoms with E-state index in [0.717, 1.165) is 24.6 Å². The van der Waals surface area contributed by atoms with Crippen LogP contribution in [0.15, 0.2) is 30.3 Å². The van der Waals surface area contributed by atoms with Crippen molar-refractivity contribution in [2.75, 3.05) is 43.5 Å². The zero-order valence-corrected chi connectivity index (χ0v) is 15.7. The third-order valence-electron chi connectivity index (χ3n) is 4.43. The normalized spacial score (nSPS) is 14.0. The maximum Gasteiger partial charge on any atom is 0.337 e. The van der Waals surface area contributed by atoms with Crippen molar-refractivity contribution in [2.45, 2.75) is 13.8 Å². The second kappa shape index (κ2) is 8.03. The van der Waals surface area contributed by atoms with Gasteiger partial charge < -0.3 is 19.9 Å². The smallest absolute Gasteiger partial charge is 0.337 e. The molecular weight excluding hydrogens is 346 g/mol. The Morgan fingerprint density at radius 3 is 2.52 bits per heavy atom. The van der Waals surface area contributed by atoms with Crippen molar-refractivity contribution in [3.8, 4) is 0 Å². The summed E-state index contributed by atoms with van der Waals surface area (Å²) < 4.78 is 4.75. The van der Waals surface area contributed by atoms with Gasteiger partial charge in [-0.2, -0.15) is 4.98 Å². The molecule has 3 rings (SSSR count). The molecule has 0 bridgehead atoms. The fraction of sp³-hybridized carbons (Fsp3) is 0.368. The number of aromatic nitrogens is 2. The van der Waals surface area contributed by atoms with Crippen LogP contribution in [-0.4, -0.2) is 60.0 Å². The predicted octanol–water partition coefficient (Wildman–Crippen LogP) is 1.98. The molecule has 1 aliphatic rings. The lowest BCUT2D eigenvalue weighted by Gasteiger charge is -2.35. The first kappa shape index (κ1) is 18.6. The van der Waals surface area contributed by atoms with Crippen LogP contribution in [0.2, 0.25) is 0 Å². The highest BCUT2D eigenvalue weighted by molar-refractivity contribution is 5.90. The van der Waals surface area contributed by atoms with E-state index in [4.69, 9.17) is 4.74 Å². The number of benzene rings is 1. The Kier molecular flexibility index (Phi) is 5.54. The van der Waals surface area contributed by atoms with Crippen LogP contribution in [0.4, 0.5) is 17.5 Å². The zero-order chi connectivity index (χ0) is 19.4. The number of aryl methyl sites for hydroxylation is 1. The molecule has 0 spiro atoms. The van der Waals surface area contributed by atoms with Gasteiger partial charge in [0.15, 0.2) is 0 Å². The third kappa shape index (κ3) is 4.52. The number of esters is 1. The quantitative estimate of drug-likeness (QED) is 0.825. The Morgan fingerprint density at radius 1 is 1.11 bits per heavy atom. The lowest BCUT2D eigenvalue weighted by Crippen LogP contribution is -2.48. The first-order chi connectivity index (χ1) is 13.0. The van der Waals surface area contributed by atoms with Crippen LogP contribution < -0.4 is 10.2 Å². The average Bonchev–Trinajstić information content (AvgIpc) is 2.67. The lowest BCUT2D eigenvalue weighted by atomic mass is 10.2. The number of hydrogen-bond donors (Lipinski definition) is 1. The number of ether oxygens (including phenoxy) is 1. The summed E-state index contributed by atoms with van der Waals surface area (Å²) in [6.07, 6.45) is 0. The number of amides is 1. The second-order valence-corrected chi connectivity index (χ2v) is 6.38. The highest BCUT2D eigenvalue weighted by atomic mass is 16.5. The van der Waals surface area contributed by atoms with Gasteiger partial charge in [-0.05, 0) is 25.1 Å². The van der Waals surface area contributed by atoms with Crippen molar-refractivity contribution in [1.82, 2.24) is 14.9 Å². The van der Waals surface area contributed by atoms with Gasteiger partial charge in [0.25, 0.3) is 0 Å². The van der Waals surface area contributed by atoms with Crippen molar-refractivity contribution >= 4 is 29.3 Å². The van der Waals surface area contributed by atoms with Gasteiger partial charge in [-0.3, -0.25) is 4.79 Å². The van der Waals surface area contributed by atoms with Gasteiger partial charge in [-0.1, -0.05) is 6.07 Å². The van der Waals surface area contributed by atoms with Crippen LogP contribution in [0.1, 0.15) is 23.0 Å². The van der Waals surface area contributed by atoms with E-state index >= 15 is 0 Å². The van der Waals surface area contributed by atoms with Crippen LogP contribution in [0, 0.1) is 6.92 Å². The summed E-state index contributed by atoms with van der Waals surface area (Å²) in [6.45, 7) is 6.33.